The van der Waals surface area contributed by atoms with E-state index in [2.05, 4.69) is 5.32 Å². The second kappa shape index (κ2) is 11.6. The van der Waals surface area contributed by atoms with Crippen molar-refractivity contribution in [2.75, 3.05) is 19.0 Å². The van der Waals surface area contributed by atoms with Crippen LogP contribution in [-0.4, -0.2) is 34.8 Å². The van der Waals surface area contributed by atoms with Gasteiger partial charge in [-0.3, -0.25) is 14.5 Å². The van der Waals surface area contributed by atoms with Crippen molar-refractivity contribution >= 4 is 51.9 Å². The molecule has 0 aromatic heterocycles. The lowest BCUT2D eigenvalue weighted by Gasteiger charge is -2.23. The Morgan fingerprint density at radius 3 is 2.51 bits per heavy atom. The summed E-state index contributed by atoms with van der Waals surface area (Å²) in [7, 11) is 1.53. The third-order valence-corrected chi connectivity index (χ3v) is 7.46. The molecule has 1 aliphatic heterocycles. The van der Waals surface area contributed by atoms with E-state index in [1.807, 2.05) is 75.4 Å². The summed E-state index contributed by atoms with van der Waals surface area (Å²) in [6.07, 6.45) is 1.79. The van der Waals surface area contributed by atoms with E-state index in [9.17, 15) is 9.59 Å². The molecule has 6 nitrogen and oxygen atoms in total. The number of benzene rings is 3. The number of anilines is 1. The largest absolute Gasteiger partial charge is 0.493 e. The van der Waals surface area contributed by atoms with Crippen molar-refractivity contribution in [2.45, 2.75) is 26.8 Å². The Balaban J connectivity index is 1.43. The van der Waals surface area contributed by atoms with Crippen LogP contribution in [0.4, 0.5) is 5.69 Å². The normalized spacial score (nSPS) is 15.1. The van der Waals surface area contributed by atoms with E-state index in [1.54, 1.807) is 23.1 Å². The lowest BCUT2D eigenvalue weighted by molar-refractivity contribution is -0.123. The molecule has 3 aromatic carbocycles. The summed E-state index contributed by atoms with van der Waals surface area (Å²) in [5, 5.41) is 2.84. The molecular formula is C29H28N2O4S2. The molecule has 190 valence electrons. The van der Waals surface area contributed by atoms with Gasteiger partial charge in [-0.15, -0.1) is 0 Å². The van der Waals surface area contributed by atoms with Gasteiger partial charge in [0, 0.05) is 5.69 Å². The topological polar surface area (TPSA) is 67.9 Å². The molecule has 0 bridgehead atoms. The van der Waals surface area contributed by atoms with Gasteiger partial charge in [-0.25, -0.2) is 0 Å². The van der Waals surface area contributed by atoms with E-state index in [1.165, 1.54) is 18.9 Å². The summed E-state index contributed by atoms with van der Waals surface area (Å²) in [5.74, 6) is 0.486. The van der Waals surface area contributed by atoms with E-state index in [4.69, 9.17) is 21.7 Å². The number of methoxy groups -OCH3 is 1. The maximum Gasteiger partial charge on any atom is 0.266 e. The second-order valence-corrected chi connectivity index (χ2v) is 10.4. The fraction of sp³-hybridized carbons (Fsp3) is 0.207. The fourth-order valence-corrected chi connectivity index (χ4v) is 5.32. The summed E-state index contributed by atoms with van der Waals surface area (Å²) < 4.78 is 11.7. The van der Waals surface area contributed by atoms with Crippen molar-refractivity contribution in [3.8, 4) is 11.5 Å². The first-order valence-corrected chi connectivity index (χ1v) is 13.0. The molecule has 3 aromatic rings. The summed E-state index contributed by atoms with van der Waals surface area (Å²) in [5.41, 5.74) is 4.76. The Kier molecular flexibility index (Phi) is 8.31. The lowest BCUT2D eigenvalue weighted by Crippen LogP contribution is -2.30. The van der Waals surface area contributed by atoms with Gasteiger partial charge in [-0.05, 0) is 73.4 Å². The minimum atomic E-state index is -0.273. The molecule has 1 aliphatic rings. The zero-order valence-electron chi connectivity index (χ0n) is 21.1. The molecule has 0 spiro atoms. The van der Waals surface area contributed by atoms with Gasteiger partial charge in [0.15, 0.2) is 18.1 Å². The van der Waals surface area contributed by atoms with Gasteiger partial charge in [0.1, 0.15) is 4.32 Å². The molecule has 1 heterocycles. The first-order valence-electron chi connectivity index (χ1n) is 11.8. The van der Waals surface area contributed by atoms with Gasteiger partial charge >= 0.3 is 0 Å². The quantitative estimate of drug-likeness (QED) is 0.272. The Labute approximate surface area is 226 Å². The summed E-state index contributed by atoms with van der Waals surface area (Å²) in [6, 6.07) is 20.7. The average molecular weight is 533 g/mol. The highest BCUT2D eigenvalue weighted by molar-refractivity contribution is 8.26. The van der Waals surface area contributed by atoms with Crippen LogP contribution in [0.25, 0.3) is 6.08 Å². The molecule has 1 N–H and O–H groups in total. The molecule has 8 heteroatoms. The molecule has 1 atom stereocenters. The van der Waals surface area contributed by atoms with Crippen LogP contribution in [0.15, 0.2) is 71.6 Å². The zero-order chi connectivity index (χ0) is 26.5. The van der Waals surface area contributed by atoms with Crippen molar-refractivity contribution in [1.82, 2.24) is 4.90 Å². The van der Waals surface area contributed by atoms with Crippen molar-refractivity contribution in [1.29, 1.82) is 0 Å². The number of ether oxygens (including phenoxy) is 2. The highest BCUT2D eigenvalue weighted by Crippen LogP contribution is 2.39. The van der Waals surface area contributed by atoms with Crippen LogP contribution >= 0.6 is 24.0 Å². The highest BCUT2D eigenvalue weighted by Gasteiger charge is 2.35. The van der Waals surface area contributed by atoms with Crippen molar-refractivity contribution in [2.24, 2.45) is 0 Å². The van der Waals surface area contributed by atoms with Gasteiger partial charge in [-0.2, -0.15) is 0 Å². The summed E-state index contributed by atoms with van der Waals surface area (Å²) in [6.45, 7) is 5.81. The zero-order valence-corrected chi connectivity index (χ0v) is 22.7. The third kappa shape index (κ3) is 6.21. The molecule has 1 fully saturated rings. The van der Waals surface area contributed by atoms with Crippen LogP contribution in [0, 0.1) is 13.8 Å². The van der Waals surface area contributed by atoms with Gasteiger partial charge in [-0.1, -0.05) is 66.4 Å². The number of carbonyl (C=O) groups excluding carboxylic acids is 2. The maximum absolute atomic E-state index is 13.2. The monoisotopic (exact) mass is 532 g/mol. The van der Waals surface area contributed by atoms with Crippen molar-refractivity contribution in [3.05, 3.63) is 93.9 Å². The van der Waals surface area contributed by atoms with Gasteiger partial charge in [0.25, 0.3) is 11.8 Å². The molecule has 4 rings (SSSR count). The molecule has 0 radical (unpaired) electrons. The van der Waals surface area contributed by atoms with E-state index in [-0.39, 0.29) is 24.5 Å². The molecule has 37 heavy (non-hydrogen) atoms. The number of nitrogens with one attached hydrogen (secondary N) is 1. The minimum absolute atomic E-state index is 0.131. The number of aryl methyl sites for hydroxylation is 2. The van der Waals surface area contributed by atoms with Crippen LogP contribution in [0.3, 0.4) is 0 Å². The Bertz CT molecular complexity index is 1370. The molecular weight excluding hydrogens is 504 g/mol. The maximum atomic E-state index is 13.2. The summed E-state index contributed by atoms with van der Waals surface area (Å²) >= 11 is 6.80. The van der Waals surface area contributed by atoms with E-state index < -0.39 is 0 Å². The molecule has 2 amide bonds. The number of hydrogen-bond acceptors (Lipinski definition) is 6. The number of hydrogen-bond donors (Lipinski definition) is 1. The number of amides is 2. The highest BCUT2D eigenvalue weighted by atomic mass is 32.2. The first-order chi connectivity index (χ1) is 17.8. The number of carbonyl (C=O) groups is 2. The summed E-state index contributed by atoms with van der Waals surface area (Å²) in [4.78, 5) is 27.7. The second-order valence-electron chi connectivity index (χ2n) is 8.68. The van der Waals surface area contributed by atoms with Crippen LogP contribution in [0.1, 0.15) is 35.2 Å². The molecule has 0 aliphatic carbocycles. The Hall–Kier alpha value is -3.62. The van der Waals surface area contributed by atoms with Gasteiger partial charge in [0.05, 0.1) is 18.1 Å². The molecule has 0 unspecified atom stereocenters. The van der Waals surface area contributed by atoms with Crippen LogP contribution < -0.4 is 14.8 Å². The van der Waals surface area contributed by atoms with E-state index in [0.29, 0.717) is 20.7 Å². The first kappa shape index (κ1) is 26.4. The SMILES string of the molecule is COc1cc(/C=C2\SC(=S)N([C@@H](C)c3ccccc3)C2=O)ccc1OCC(=O)Nc1ccc(C)c(C)c1. The van der Waals surface area contributed by atoms with E-state index in [0.717, 1.165) is 27.9 Å². The smallest absolute Gasteiger partial charge is 0.266 e. The Morgan fingerprint density at radius 2 is 1.81 bits per heavy atom. The lowest BCUT2D eigenvalue weighted by atomic mass is 10.1. The minimum Gasteiger partial charge on any atom is -0.493 e. The van der Waals surface area contributed by atoms with Gasteiger partial charge < -0.3 is 14.8 Å². The standard InChI is InChI=1S/C29H28N2O4S2/c1-18-10-12-23(14-19(18)2)30-27(32)17-35-24-13-11-21(15-25(24)34-4)16-26-28(33)31(29(36)37-26)20(3)22-8-6-5-7-9-22/h5-16,20H,17H2,1-4H3,(H,30,32)/b26-16-/t20-/m0/s1. The van der Waals surface area contributed by atoms with Crippen LogP contribution in [-0.2, 0) is 9.59 Å². The number of thiocarbonyl (C=S) groups is 1. The predicted octanol–water partition coefficient (Wildman–Crippen LogP) is 6.29. The molecule has 0 saturated carbocycles. The predicted molar refractivity (Wildman–Crippen MR) is 153 cm³/mol. The third-order valence-electron chi connectivity index (χ3n) is 6.13. The van der Waals surface area contributed by atoms with E-state index >= 15 is 0 Å². The van der Waals surface area contributed by atoms with Crippen LogP contribution in [0.5, 0.6) is 11.5 Å². The van der Waals surface area contributed by atoms with Crippen molar-refractivity contribution < 1.29 is 19.1 Å². The number of nitrogens with zero attached hydrogens (tertiary/aromatic N) is 1. The van der Waals surface area contributed by atoms with Gasteiger partial charge in [0.2, 0.25) is 0 Å². The number of rotatable bonds is 8. The van der Waals surface area contributed by atoms with Crippen molar-refractivity contribution in [3.63, 3.8) is 0 Å². The fourth-order valence-electron chi connectivity index (χ4n) is 3.90. The van der Waals surface area contributed by atoms with Crippen LogP contribution in [0.2, 0.25) is 0 Å². The molecule has 1 saturated heterocycles. The average Bonchev–Trinajstić information content (AvgIpc) is 3.17. The Morgan fingerprint density at radius 1 is 1.05 bits per heavy atom. The number of thioether (sulfide) groups is 1.